The van der Waals surface area contributed by atoms with Crippen LogP contribution in [0.3, 0.4) is 0 Å². The van der Waals surface area contributed by atoms with Gasteiger partial charge in [0.25, 0.3) is 0 Å². The van der Waals surface area contributed by atoms with Crippen LogP contribution in [-0.2, 0) is 17.9 Å². The van der Waals surface area contributed by atoms with Crippen LogP contribution in [0, 0.1) is 0 Å². The lowest BCUT2D eigenvalue weighted by Gasteiger charge is -2.10. The Kier molecular flexibility index (Phi) is 4.30. The largest absolute Gasteiger partial charge is 0.348 e. The predicted molar refractivity (Wildman–Crippen MR) is 58.3 cm³/mol. The van der Waals surface area contributed by atoms with E-state index < -0.39 is 0 Å². The molecule has 0 aliphatic heterocycles. The quantitative estimate of drug-likeness (QED) is 0.749. The van der Waals surface area contributed by atoms with Crippen LogP contribution >= 0.6 is 0 Å². The van der Waals surface area contributed by atoms with E-state index in [1.165, 1.54) is 0 Å². The number of hydrogen-bond acceptors (Lipinski definition) is 3. The molecule has 84 valence electrons. The highest BCUT2D eigenvalue weighted by atomic mass is 16.2. The molecule has 5 heteroatoms. The summed E-state index contributed by atoms with van der Waals surface area (Å²) in [6.45, 7) is 3.96. The van der Waals surface area contributed by atoms with Crippen molar-refractivity contribution in [3.63, 3.8) is 0 Å². The molecule has 1 heterocycles. The summed E-state index contributed by atoms with van der Waals surface area (Å²) in [6.07, 6.45) is 3.80. The SMILES string of the molecule is CCn1cc(CNCC(=O)N(C)C)cn1. The van der Waals surface area contributed by atoms with Gasteiger partial charge < -0.3 is 10.2 Å². The first-order valence-electron chi connectivity index (χ1n) is 5.05. The van der Waals surface area contributed by atoms with Gasteiger partial charge in [-0.05, 0) is 6.92 Å². The maximum absolute atomic E-state index is 11.2. The number of aryl methyl sites for hydroxylation is 1. The molecule has 0 aromatic carbocycles. The third kappa shape index (κ3) is 3.71. The Bertz CT molecular complexity index is 319. The van der Waals surface area contributed by atoms with Gasteiger partial charge in [-0.15, -0.1) is 0 Å². The van der Waals surface area contributed by atoms with E-state index in [0.29, 0.717) is 13.1 Å². The molecule has 0 aliphatic carbocycles. The maximum Gasteiger partial charge on any atom is 0.236 e. The zero-order valence-electron chi connectivity index (χ0n) is 9.53. The van der Waals surface area contributed by atoms with E-state index >= 15 is 0 Å². The third-order valence-electron chi connectivity index (χ3n) is 2.11. The van der Waals surface area contributed by atoms with Crippen LogP contribution in [0.1, 0.15) is 12.5 Å². The third-order valence-corrected chi connectivity index (χ3v) is 2.11. The van der Waals surface area contributed by atoms with Crippen LogP contribution in [0.2, 0.25) is 0 Å². The molecule has 0 saturated carbocycles. The number of nitrogens with one attached hydrogen (secondary N) is 1. The second-order valence-electron chi connectivity index (χ2n) is 3.60. The molecule has 1 aromatic heterocycles. The molecular formula is C10H18N4O. The molecule has 0 atom stereocenters. The number of nitrogens with zero attached hydrogens (tertiary/aromatic N) is 3. The highest BCUT2D eigenvalue weighted by Crippen LogP contribution is 1.96. The fourth-order valence-electron chi connectivity index (χ4n) is 1.14. The minimum absolute atomic E-state index is 0.0814. The van der Waals surface area contributed by atoms with Gasteiger partial charge in [0, 0.05) is 38.9 Å². The molecule has 0 radical (unpaired) electrons. The monoisotopic (exact) mass is 210 g/mol. The smallest absolute Gasteiger partial charge is 0.236 e. The summed E-state index contributed by atoms with van der Waals surface area (Å²) in [7, 11) is 3.50. The Morgan fingerprint density at radius 1 is 1.60 bits per heavy atom. The molecule has 1 rings (SSSR count). The second-order valence-corrected chi connectivity index (χ2v) is 3.60. The number of carbonyl (C=O) groups excluding carboxylic acids is 1. The number of hydrogen-bond donors (Lipinski definition) is 1. The maximum atomic E-state index is 11.2. The van der Waals surface area contributed by atoms with Gasteiger partial charge in [0.15, 0.2) is 0 Å². The van der Waals surface area contributed by atoms with E-state index in [0.717, 1.165) is 12.1 Å². The standard InChI is InChI=1S/C10H18N4O/c1-4-14-8-9(6-12-14)5-11-7-10(15)13(2)3/h6,8,11H,4-5,7H2,1-3H3. The summed E-state index contributed by atoms with van der Waals surface area (Å²) >= 11 is 0. The van der Waals surface area contributed by atoms with Gasteiger partial charge in [-0.25, -0.2) is 0 Å². The molecule has 1 aromatic rings. The number of aromatic nitrogens is 2. The van der Waals surface area contributed by atoms with Crippen LogP contribution in [0.5, 0.6) is 0 Å². The fourth-order valence-corrected chi connectivity index (χ4v) is 1.14. The van der Waals surface area contributed by atoms with E-state index in [2.05, 4.69) is 10.4 Å². The normalized spacial score (nSPS) is 10.3. The lowest BCUT2D eigenvalue weighted by molar-refractivity contribution is -0.127. The highest BCUT2D eigenvalue weighted by molar-refractivity contribution is 5.77. The van der Waals surface area contributed by atoms with Crippen molar-refractivity contribution >= 4 is 5.91 Å². The molecule has 0 aliphatic rings. The number of carbonyl (C=O) groups is 1. The zero-order chi connectivity index (χ0) is 11.3. The van der Waals surface area contributed by atoms with E-state index in [1.54, 1.807) is 19.0 Å². The minimum atomic E-state index is 0.0814. The number of amides is 1. The second kappa shape index (κ2) is 5.50. The van der Waals surface area contributed by atoms with Gasteiger partial charge in [0.05, 0.1) is 12.7 Å². The van der Waals surface area contributed by atoms with Crippen molar-refractivity contribution in [1.82, 2.24) is 20.0 Å². The van der Waals surface area contributed by atoms with Crippen LogP contribution in [0.25, 0.3) is 0 Å². The number of rotatable bonds is 5. The first-order chi connectivity index (χ1) is 7.13. The Balaban J connectivity index is 2.28. The van der Waals surface area contributed by atoms with Gasteiger partial charge in [-0.3, -0.25) is 9.48 Å². The summed E-state index contributed by atoms with van der Waals surface area (Å²) in [5.74, 6) is 0.0814. The van der Waals surface area contributed by atoms with Crippen molar-refractivity contribution in [3.05, 3.63) is 18.0 Å². The summed E-state index contributed by atoms with van der Waals surface area (Å²) in [5, 5.41) is 7.22. The lowest BCUT2D eigenvalue weighted by atomic mass is 10.3. The van der Waals surface area contributed by atoms with Gasteiger partial charge in [-0.2, -0.15) is 5.10 Å². The van der Waals surface area contributed by atoms with E-state index in [9.17, 15) is 4.79 Å². The first kappa shape index (κ1) is 11.7. The summed E-state index contributed by atoms with van der Waals surface area (Å²) in [6, 6.07) is 0. The topological polar surface area (TPSA) is 50.2 Å². The summed E-state index contributed by atoms with van der Waals surface area (Å²) < 4.78 is 1.87. The van der Waals surface area contributed by atoms with Gasteiger partial charge in [0.1, 0.15) is 0 Å². The van der Waals surface area contributed by atoms with Gasteiger partial charge >= 0.3 is 0 Å². The Labute approximate surface area is 90.1 Å². The molecule has 0 unspecified atom stereocenters. The van der Waals surface area contributed by atoms with E-state index in [-0.39, 0.29) is 5.91 Å². The van der Waals surface area contributed by atoms with Crippen LogP contribution in [0.15, 0.2) is 12.4 Å². The average molecular weight is 210 g/mol. The van der Waals surface area contributed by atoms with Crippen molar-refractivity contribution in [1.29, 1.82) is 0 Å². The van der Waals surface area contributed by atoms with Crippen LogP contribution in [0.4, 0.5) is 0 Å². The van der Waals surface area contributed by atoms with Gasteiger partial charge in [-0.1, -0.05) is 0 Å². The molecule has 0 spiro atoms. The molecular weight excluding hydrogens is 192 g/mol. The Hall–Kier alpha value is -1.36. The molecule has 15 heavy (non-hydrogen) atoms. The fraction of sp³-hybridized carbons (Fsp3) is 0.600. The minimum Gasteiger partial charge on any atom is -0.348 e. The molecule has 5 nitrogen and oxygen atoms in total. The zero-order valence-corrected chi connectivity index (χ0v) is 9.53. The van der Waals surface area contributed by atoms with Crippen molar-refractivity contribution in [2.45, 2.75) is 20.0 Å². The van der Waals surface area contributed by atoms with E-state index in [4.69, 9.17) is 0 Å². The van der Waals surface area contributed by atoms with Crippen molar-refractivity contribution in [3.8, 4) is 0 Å². The molecule has 1 amide bonds. The number of likely N-dealkylation sites (N-methyl/N-ethyl adjacent to an activating group) is 1. The molecule has 1 N–H and O–H groups in total. The van der Waals surface area contributed by atoms with Crippen LogP contribution < -0.4 is 5.32 Å². The molecule has 0 bridgehead atoms. The highest BCUT2D eigenvalue weighted by Gasteiger charge is 2.03. The van der Waals surface area contributed by atoms with Crippen molar-refractivity contribution < 1.29 is 4.79 Å². The average Bonchev–Trinajstić information content (AvgIpc) is 2.65. The predicted octanol–water partition coefficient (Wildman–Crippen LogP) is 0.0808. The molecule has 0 fully saturated rings. The Morgan fingerprint density at radius 3 is 2.87 bits per heavy atom. The molecule has 0 saturated heterocycles. The summed E-state index contributed by atoms with van der Waals surface area (Å²) in [4.78, 5) is 12.8. The lowest BCUT2D eigenvalue weighted by Crippen LogP contribution is -2.32. The first-order valence-corrected chi connectivity index (χ1v) is 5.05. The van der Waals surface area contributed by atoms with Gasteiger partial charge in [0.2, 0.25) is 5.91 Å². The van der Waals surface area contributed by atoms with Crippen molar-refractivity contribution in [2.24, 2.45) is 0 Å². The summed E-state index contributed by atoms with van der Waals surface area (Å²) in [5.41, 5.74) is 1.10. The Morgan fingerprint density at radius 2 is 2.33 bits per heavy atom. The van der Waals surface area contributed by atoms with E-state index in [1.807, 2.05) is 24.0 Å². The van der Waals surface area contributed by atoms with Crippen LogP contribution in [-0.4, -0.2) is 41.2 Å². The van der Waals surface area contributed by atoms with Crippen molar-refractivity contribution in [2.75, 3.05) is 20.6 Å².